The molecule has 39 heavy (non-hydrogen) atoms. The third kappa shape index (κ3) is 7.79. The summed E-state index contributed by atoms with van der Waals surface area (Å²) in [6, 6.07) is 18.8. The van der Waals surface area contributed by atoms with Crippen molar-refractivity contribution in [3.63, 3.8) is 0 Å². The molecule has 0 radical (unpaired) electrons. The first kappa shape index (κ1) is 29.6. The van der Waals surface area contributed by atoms with Gasteiger partial charge < -0.3 is 15.0 Å². The number of hydrogen-bond acceptors (Lipinski definition) is 5. The van der Waals surface area contributed by atoms with Gasteiger partial charge in [-0.25, -0.2) is 12.8 Å². The number of hydrogen-bond donors (Lipinski definition) is 1. The van der Waals surface area contributed by atoms with Crippen LogP contribution < -0.4 is 14.4 Å². The lowest BCUT2D eigenvalue weighted by Gasteiger charge is -2.32. The first-order valence-electron chi connectivity index (χ1n) is 12.7. The number of sulfonamides is 1. The highest BCUT2D eigenvalue weighted by Crippen LogP contribution is 2.27. The maximum atomic E-state index is 13.8. The third-order valence-electron chi connectivity index (χ3n) is 5.91. The molecule has 0 aliphatic rings. The van der Waals surface area contributed by atoms with E-state index in [1.54, 1.807) is 19.1 Å². The van der Waals surface area contributed by atoms with Gasteiger partial charge in [-0.1, -0.05) is 30.3 Å². The number of anilines is 1. The molecule has 0 aliphatic heterocycles. The average Bonchev–Trinajstić information content (AvgIpc) is 2.91. The van der Waals surface area contributed by atoms with Gasteiger partial charge in [0, 0.05) is 12.6 Å². The summed E-state index contributed by atoms with van der Waals surface area (Å²) in [6.07, 6.45) is 0. The molecule has 208 valence electrons. The Morgan fingerprint density at radius 1 is 0.923 bits per heavy atom. The predicted molar refractivity (Wildman–Crippen MR) is 148 cm³/mol. The van der Waals surface area contributed by atoms with Crippen LogP contribution in [0.4, 0.5) is 10.1 Å². The number of amides is 2. The van der Waals surface area contributed by atoms with Crippen LogP contribution in [0, 0.1) is 5.82 Å². The zero-order chi connectivity index (χ0) is 28.6. The molecule has 8 nitrogen and oxygen atoms in total. The van der Waals surface area contributed by atoms with E-state index < -0.39 is 34.3 Å². The van der Waals surface area contributed by atoms with E-state index in [9.17, 15) is 22.4 Å². The normalized spacial score (nSPS) is 12.1. The summed E-state index contributed by atoms with van der Waals surface area (Å²) < 4.78 is 47.5. The van der Waals surface area contributed by atoms with Crippen LogP contribution >= 0.6 is 0 Å². The summed E-state index contributed by atoms with van der Waals surface area (Å²) >= 11 is 0. The number of rotatable bonds is 12. The number of carbonyl (C=O) groups is 2. The van der Waals surface area contributed by atoms with Gasteiger partial charge >= 0.3 is 0 Å². The Morgan fingerprint density at radius 2 is 1.54 bits per heavy atom. The van der Waals surface area contributed by atoms with Gasteiger partial charge in [-0.05, 0) is 81.8 Å². The molecule has 0 saturated carbocycles. The van der Waals surface area contributed by atoms with Gasteiger partial charge in [-0.2, -0.15) is 0 Å². The van der Waals surface area contributed by atoms with Crippen molar-refractivity contribution in [1.82, 2.24) is 10.2 Å². The van der Waals surface area contributed by atoms with E-state index in [-0.39, 0.29) is 29.1 Å². The Bertz CT molecular complexity index is 1350. The predicted octanol–water partition coefficient (Wildman–Crippen LogP) is 4.36. The largest absolute Gasteiger partial charge is 0.494 e. The van der Waals surface area contributed by atoms with Gasteiger partial charge in [-0.3, -0.25) is 13.9 Å². The molecule has 0 saturated heterocycles. The van der Waals surface area contributed by atoms with Gasteiger partial charge in [-0.15, -0.1) is 0 Å². The summed E-state index contributed by atoms with van der Waals surface area (Å²) in [5.41, 5.74) is 0.999. The number of benzene rings is 3. The fourth-order valence-corrected chi connectivity index (χ4v) is 5.32. The van der Waals surface area contributed by atoms with Crippen LogP contribution in [0.2, 0.25) is 0 Å². The van der Waals surface area contributed by atoms with E-state index in [1.165, 1.54) is 17.0 Å². The molecule has 1 N–H and O–H groups in total. The Labute approximate surface area is 229 Å². The maximum Gasteiger partial charge on any atom is 0.264 e. The molecule has 0 bridgehead atoms. The van der Waals surface area contributed by atoms with Gasteiger partial charge in [0.25, 0.3) is 10.0 Å². The minimum absolute atomic E-state index is 0.0973. The molecular formula is C29H34FN3O5S. The standard InChI is InChI=1S/C29H34FN3O5S/c1-5-38-26-15-13-25(14-16-26)33(39(36,37)27-17-11-24(30)12-18-27)20-28(34)32(19-23-9-7-6-8-10-23)22(4)29(35)31-21(2)3/h6-18,21-22H,5,19-20H2,1-4H3,(H,31,35)/t22-/m1/s1. The van der Waals surface area contributed by atoms with Crippen LogP contribution in [0.15, 0.2) is 83.8 Å². The zero-order valence-corrected chi connectivity index (χ0v) is 23.3. The molecule has 0 aliphatic carbocycles. The number of ether oxygens (including phenoxy) is 1. The lowest BCUT2D eigenvalue weighted by molar-refractivity contribution is -0.139. The van der Waals surface area contributed by atoms with Gasteiger partial charge in [0.2, 0.25) is 11.8 Å². The van der Waals surface area contributed by atoms with Crippen LogP contribution in [0.5, 0.6) is 5.75 Å². The van der Waals surface area contributed by atoms with Crippen LogP contribution in [-0.2, 0) is 26.2 Å². The Hall–Kier alpha value is -3.92. The van der Waals surface area contributed by atoms with E-state index in [0.717, 1.165) is 34.1 Å². The van der Waals surface area contributed by atoms with E-state index in [4.69, 9.17) is 4.74 Å². The van der Waals surface area contributed by atoms with Gasteiger partial charge in [0.05, 0.1) is 17.2 Å². The smallest absolute Gasteiger partial charge is 0.264 e. The molecule has 3 aromatic rings. The topological polar surface area (TPSA) is 96.0 Å². The zero-order valence-electron chi connectivity index (χ0n) is 22.5. The highest BCUT2D eigenvalue weighted by Gasteiger charge is 2.32. The van der Waals surface area contributed by atoms with Crippen molar-refractivity contribution in [1.29, 1.82) is 0 Å². The number of carbonyl (C=O) groups excluding carboxylic acids is 2. The highest BCUT2D eigenvalue weighted by molar-refractivity contribution is 7.92. The molecule has 0 heterocycles. The summed E-state index contributed by atoms with van der Waals surface area (Å²) in [4.78, 5) is 27.9. The molecule has 3 aromatic carbocycles. The second kappa shape index (κ2) is 13.2. The molecule has 0 spiro atoms. The summed E-state index contributed by atoms with van der Waals surface area (Å²) in [5.74, 6) is -0.985. The third-order valence-corrected chi connectivity index (χ3v) is 7.70. The fraction of sp³-hybridized carbons (Fsp3) is 0.310. The fourth-order valence-electron chi connectivity index (χ4n) is 3.91. The summed E-state index contributed by atoms with van der Waals surface area (Å²) in [6.45, 7) is 7.01. The van der Waals surface area contributed by atoms with E-state index in [1.807, 2.05) is 51.1 Å². The molecule has 10 heteroatoms. The Balaban J connectivity index is 2.02. The monoisotopic (exact) mass is 555 g/mol. The molecule has 3 rings (SSSR count). The molecule has 0 unspecified atom stereocenters. The SMILES string of the molecule is CCOc1ccc(N(CC(=O)N(Cc2ccccc2)[C@H](C)C(=O)NC(C)C)S(=O)(=O)c2ccc(F)cc2)cc1. The first-order chi connectivity index (χ1) is 18.5. The van der Waals surface area contributed by atoms with Gasteiger partial charge in [0.1, 0.15) is 24.2 Å². The summed E-state index contributed by atoms with van der Waals surface area (Å²) in [5, 5.41) is 2.81. The lowest BCUT2D eigenvalue weighted by atomic mass is 10.1. The van der Waals surface area contributed by atoms with Crippen molar-refractivity contribution >= 4 is 27.5 Å². The quantitative estimate of drug-likeness (QED) is 0.358. The van der Waals surface area contributed by atoms with Crippen molar-refractivity contribution in [2.24, 2.45) is 0 Å². The summed E-state index contributed by atoms with van der Waals surface area (Å²) in [7, 11) is -4.28. The van der Waals surface area contributed by atoms with Crippen molar-refractivity contribution in [2.75, 3.05) is 17.5 Å². The van der Waals surface area contributed by atoms with Crippen LogP contribution in [0.1, 0.15) is 33.3 Å². The second-order valence-electron chi connectivity index (χ2n) is 9.24. The van der Waals surface area contributed by atoms with Crippen LogP contribution in [0.3, 0.4) is 0 Å². The molecule has 2 amide bonds. The van der Waals surface area contributed by atoms with Crippen molar-refractivity contribution < 1.29 is 27.1 Å². The molecular weight excluding hydrogens is 521 g/mol. The van der Waals surface area contributed by atoms with Crippen molar-refractivity contribution in [2.45, 2.75) is 51.2 Å². The first-order valence-corrected chi connectivity index (χ1v) is 14.1. The number of nitrogens with zero attached hydrogens (tertiary/aromatic N) is 2. The Morgan fingerprint density at radius 3 is 2.10 bits per heavy atom. The lowest BCUT2D eigenvalue weighted by Crippen LogP contribution is -2.52. The Kier molecular flexibility index (Phi) is 10.1. The minimum Gasteiger partial charge on any atom is -0.494 e. The number of nitrogens with one attached hydrogen (secondary N) is 1. The molecule has 0 aromatic heterocycles. The van der Waals surface area contributed by atoms with E-state index in [0.29, 0.717) is 12.4 Å². The molecule has 0 fully saturated rings. The van der Waals surface area contributed by atoms with Crippen molar-refractivity contribution in [3.8, 4) is 5.75 Å². The average molecular weight is 556 g/mol. The van der Waals surface area contributed by atoms with E-state index >= 15 is 0 Å². The van der Waals surface area contributed by atoms with Crippen LogP contribution in [0.25, 0.3) is 0 Å². The minimum atomic E-state index is -4.28. The maximum absolute atomic E-state index is 13.8. The highest BCUT2D eigenvalue weighted by atomic mass is 32.2. The van der Waals surface area contributed by atoms with Crippen LogP contribution in [-0.4, -0.2) is 50.4 Å². The second-order valence-corrected chi connectivity index (χ2v) is 11.1. The van der Waals surface area contributed by atoms with E-state index in [2.05, 4.69) is 5.32 Å². The molecule has 1 atom stereocenters. The van der Waals surface area contributed by atoms with Crippen molar-refractivity contribution in [3.05, 3.63) is 90.2 Å². The van der Waals surface area contributed by atoms with Gasteiger partial charge in [0.15, 0.2) is 0 Å². The number of halogens is 1.